The van der Waals surface area contributed by atoms with Crippen molar-refractivity contribution in [2.45, 2.75) is 52.5 Å². The molecule has 0 amide bonds. The number of nitriles is 1. The molecule has 0 aliphatic carbocycles. The van der Waals surface area contributed by atoms with E-state index in [0.29, 0.717) is 5.92 Å². The molecule has 1 unspecified atom stereocenters. The van der Waals surface area contributed by atoms with Crippen molar-refractivity contribution in [2.75, 3.05) is 37.6 Å². The molecule has 0 radical (unpaired) electrons. The first-order valence-electron chi connectivity index (χ1n) is 12.9. The molecule has 5 nitrogen and oxygen atoms in total. The largest absolute Gasteiger partial charge is 0.340 e. The Balaban J connectivity index is 1.38. The van der Waals surface area contributed by atoms with Gasteiger partial charge in [-0.05, 0) is 61.1 Å². The summed E-state index contributed by atoms with van der Waals surface area (Å²) < 4.78 is 15.9. The van der Waals surface area contributed by atoms with Gasteiger partial charge in [-0.1, -0.05) is 52.0 Å². The highest BCUT2D eigenvalue weighted by Gasteiger charge is 2.36. The number of imidazole rings is 1. The van der Waals surface area contributed by atoms with Crippen LogP contribution in [0.15, 0.2) is 48.5 Å². The summed E-state index contributed by atoms with van der Waals surface area (Å²) in [4.78, 5) is 9.91. The Hall–Kier alpha value is -2.91. The lowest BCUT2D eigenvalue weighted by Gasteiger charge is -2.37. The lowest BCUT2D eigenvalue weighted by atomic mass is 9.70. The molecule has 0 N–H and O–H groups in total. The fraction of sp³-hybridized carbons (Fsp3) is 0.517. The molecule has 1 aliphatic rings. The molecule has 2 aromatic carbocycles. The van der Waals surface area contributed by atoms with Crippen LogP contribution in [0.1, 0.15) is 46.1 Å². The maximum atomic E-state index is 13.5. The molecule has 1 atom stereocenters. The van der Waals surface area contributed by atoms with Gasteiger partial charge in [0.1, 0.15) is 5.82 Å². The molecule has 0 saturated carbocycles. The third-order valence-electron chi connectivity index (χ3n) is 7.43. The summed E-state index contributed by atoms with van der Waals surface area (Å²) in [7, 11) is 0. The van der Waals surface area contributed by atoms with Gasteiger partial charge in [0.15, 0.2) is 0 Å². The van der Waals surface area contributed by atoms with Gasteiger partial charge in [0, 0.05) is 32.7 Å². The maximum absolute atomic E-state index is 13.5. The fourth-order valence-corrected chi connectivity index (χ4v) is 5.37. The van der Waals surface area contributed by atoms with Gasteiger partial charge in [-0.2, -0.15) is 5.26 Å². The van der Waals surface area contributed by atoms with E-state index >= 15 is 0 Å². The first kappa shape index (κ1) is 25.2. The summed E-state index contributed by atoms with van der Waals surface area (Å²) in [6, 6.07) is 17.5. The first-order valence-corrected chi connectivity index (χ1v) is 12.9. The molecular weight excluding hydrogens is 437 g/mol. The van der Waals surface area contributed by atoms with Gasteiger partial charge < -0.3 is 9.47 Å². The molecule has 1 fully saturated rings. The topological polar surface area (TPSA) is 48.1 Å². The molecule has 186 valence electrons. The Kier molecular flexibility index (Phi) is 7.76. The standard InChI is InChI=1S/C29H38FN5/c1-22(2)20-35-27-9-6-5-8-26(27)32-28(35)34-18-16-33(17-19-34)15-7-14-29(21-31,23(3)4)24-10-12-25(30)13-11-24/h5-6,8-13,22-23H,7,14-20H2,1-4H3. The quantitative estimate of drug-likeness (QED) is 0.389. The highest BCUT2D eigenvalue weighted by Crippen LogP contribution is 2.36. The average molecular weight is 476 g/mol. The zero-order valence-electron chi connectivity index (χ0n) is 21.5. The van der Waals surface area contributed by atoms with E-state index in [1.165, 1.54) is 17.6 Å². The Morgan fingerprint density at radius 3 is 2.31 bits per heavy atom. The minimum absolute atomic E-state index is 0.156. The average Bonchev–Trinajstić information content (AvgIpc) is 3.20. The Morgan fingerprint density at radius 1 is 1.00 bits per heavy atom. The summed E-state index contributed by atoms with van der Waals surface area (Å²) in [6.45, 7) is 14.5. The van der Waals surface area contributed by atoms with Crippen molar-refractivity contribution in [3.63, 3.8) is 0 Å². The van der Waals surface area contributed by atoms with Gasteiger partial charge in [0.25, 0.3) is 0 Å². The Morgan fingerprint density at radius 2 is 1.69 bits per heavy atom. The molecule has 3 aromatic rings. The monoisotopic (exact) mass is 475 g/mol. The van der Waals surface area contributed by atoms with Crippen LogP contribution in [-0.2, 0) is 12.0 Å². The molecule has 2 heterocycles. The van der Waals surface area contributed by atoms with Crippen LogP contribution >= 0.6 is 0 Å². The van der Waals surface area contributed by atoms with Gasteiger partial charge >= 0.3 is 0 Å². The lowest BCUT2D eigenvalue weighted by molar-refractivity contribution is 0.237. The summed E-state index contributed by atoms with van der Waals surface area (Å²) in [6.07, 6.45) is 1.71. The highest BCUT2D eigenvalue weighted by molar-refractivity contribution is 5.78. The fourth-order valence-electron chi connectivity index (χ4n) is 5.37. The molecule has 0 bridgehead atoms. The number of aromatic nitrogens is 2. The van der Waals surface area contributed by atoms with Crippen molar-refractivity contribution in [3.05, 3.63) is 59.9 Å². The van der Waals surface area contributed by atoms with Gasteiger partial charge in [0.2, 0.25) is 5.95 Å². The predicted octanol–water partition coefficient (Wildman–Crippen LogP) is 5.85. The molecule has 1 saturated heterocycles. The van der Waals surface area contributed by atoms with Crippen LogP contribution in [0.3, 0.4) is 0 Å². The number of anilines is 1. The second-order valence-corrected chi connectivity index (χ2v) is 10.6. The van der Waals surface area contributed by atoms with Crippen molar-refractivity contribution in [1.82, 2.24) is 14.5 Å². The minimum atomic E-state index is -0.586. The number of hydrogen-bond donors (Lipinski definition) is 0. The molecule has 0 spiro atoms. The zero-order valence-corrected chi connectivity index (χ0v) is 21.5. The van der Waals surface area contributed by atoms with Gasteiger partial charge in [-0.25, -0.2) is 9.37 Å². The van der Waals surface area contributed by atoms with E-state index in [1.807, 2.05) is 0 Å². The number of fused-ring (bicyclic) bond motifs is 1. The normalized spacial score (nSPS) is 16.7. The number of halogens is 1. The number of piperazine rings is 1. The van der Waals surface area contributed by atoms with Crippen LogP contribution in [0.4, 0.5) is 10.3 Å². The molecule has 1 aromatic heterocycles. The van der Waals surface area contributed by atoms with Crippen LogP contribution in [0.25, 0.3) is 11.0 Å². The minimum Gasteiger partial charge on any atom is -0.340 e. The number of nitrogens with zero attached hydrogens (tertiary/aromatic N) is 5. The molecule has 4 rings (SSSR count). The van der Waals surface area contributed by atoms with E-state index in [-0.39, 0.29) is 11.7 Å². The third kappa shape index (κ3) is 5.36. The predicted molar refractivity (Wildman–Crippen MR) is 141 cm³/mol. The number of rotatable bonds is 9. The van der Waals surface area contributed by atoms with Gasteiger partial charge in [0.05, 0.1) is 22.5 Å². The van der Waals surface area contributed by atoms with Crippen LogP contribution in [0.2, 0.25) is 0 Å². The van der Waals surface area contributed by atoms with E-state index < -0.39 is 5.41 Å². The van der Waals surface area contributed by atoms with E-state index in [2.05, 4.69) is 72.4 Å². The maximum Gasteiger partial charge on any atom is 0.206 e. The summed E-state index contributed by atoms with van der Waals surface area (Å²) in [5, 5.41) is 10.1. The number of hydrogen-bond acceptors (Lipinski definition) is 4. The first-order chi connectivity index (χ1) is 16.8. The van der Waals surface area contributed by atoms with Crippen molar-refractivity contribution < 1.29 is 4.39 Å². The van der Waals surface area contributed by atoms with Crippen LogP contribution in [0, 0.1) is 29.0 Å². The second-order valence-electron chi connectivity index (χ2n) is 10.6. The SMILES string of the molecule is CC(C)Cn1c(N2CCN(CCCC(C#N)(c3ccc(F)cc3)C(C)C)CC2)nc2ccccc21. The third-order valence-corrected chi connectivity index (χ3v) is 7.43. The molecule has 6 heteroatoms. The Labute approximate surface area is 209 Å². The van der Waals surface area contributed by atoms with E-state index in [9.17, 15) is 9.65 Å². The Bertz CT molecular complexity index is 1150. The van der Waals surface area contributed by atoms with Gasteiger partial charge in [-0.3, -0.25) is 4.90 Å². The number of benzene rings is 2. The molecule has 35 heavy (non-hydrogen) atoms. The van der Waals surface area contributed by atoms with Crippen molar-refractivity contribution in [3.8, 4) is 6.07 Å². The van der Waals surface area contributed by atoms with Crippen LogP contribution in [0.5, 0.6) is 0 Å². The summed E-state index contributed by atoms with van der Waals surface area (Å²) in [5.41, 5.74) is 2.61. The van der Waals surface area contributed by atoms with Crippen molar-refractivity contribution >= 4 is 17.0 Å². The molecule has 1 aliphatic heterocycles. The highest BCUT2D eigenvalue weighted by atomic mass is 19.1. The van der Waals surface area contributed by atoms with Crippen LogP contribution < -0.4 is 4.90 Å². The van der Waals surface area contributed by atoms with Crippen molar-refractivity contribution in [2.24, 2.45) is 11.8 Å². The van der Waals surface area contributed by atoms with Crippen LogP contribution in [-0.4, -0.2) is 47.2 Å². The van der Waals surface area contributed by atoms with Gasteiger partial charge in [-0.15, -0.1) is 0 Å². The van der Waals surface area contributed by atoms with E-state index in [0.717, 1.165) is 69.1 Å². The summed E-state index contributed by atoms with van der Waals surface area (Å²) >= 11 is 0. The lowest BCUT2D eigenvalue weighted by Crippen LogP contribution is -2.47. The van der Waals surface area contributed by atoms with Crippen molar-refractivity contribution in [1.29, 1.82) is 5.26 Å². The summed E-state index contributed by atoms with van der Waals surface area (Å²) in [5.74, 6) is 1.53. The molecular formula is C29H38FN5. The van der Waals surface area contributed by atoms with E-state index in [4.69, 9.17) is 4.98 Å². The zero-order chi connectivity index (χ0) is 25.0. The smallest absolute Gasteiger partial charge is 0.206 e. The van der Waals surface area contributed by atoms with E-state index in [1.54, 1.807) is 12.1 Å². The second kappa shape index (κ2) is 10.8. The number of para-hydroxylation sites is 2.